The van der Waals surface area contributed by atoms with E-state index in [0.29, 0.717) is 12.5 Å². The summed E-state index contributed by atoms with van der Waals surface area (Å²) in [6.07, 6.45) is 5.44. The van der Waals surface area contributed by atoms with Crippen LogP contribution < -0.4 is 11.1 Å². The number of amidine groups is 1. The fourth-order valence-corrected chi connectivity index (χ4v) is 1.92. The van der Waals surface area contributed by atoms with Gasteiger partial charge in [0.1, 0.15) is 5.84 Å². The van der Waals surface area contributed by atoms with Crippen LogP contribution in [-0.4, -0.2) is 36.3 Å². The van der Waals surface area contributed by atoms with Gasteiger partial charge in [0.05, 0.1) is 6.10 Å². The molecule has 2 unspecified atom stereocenters. The van der Waals surface area contributed by atoms with E-state index in [2.05, 4.69) is 17.4 Å². The number of nitrogens with two attached hydrogens (primary N) is 1. The Balaban J connectivity index is 2.22. The zero-order valence-corrected chi connectivity index (χ0v) is 9.98. The molecule has 5 heteroatoms. The number of oxime groups is 1. The third kappa shape index (κ3) is 4.81. The predicted molar refractivity (Wildman–Crippen MR) is 63.7 cm³/mol. The maximum atomic E-state index is 8.51. The Hall–Kier alpha value is -0.810. The summed E-state index contributed by atoms with van der Waals surface area (Å²) in [7, 11) is 0. The van der Waals surface area contributed by atoms with Gasteiger partial charge in [-0.15, -0.1) is 0 Å². The Bertz CT molecular complexity index is 215. The smallest absolute Gasteiger partial charge is 0.140 e. The minimum absolute atomic E-state index is 0.265. The van der Waals surface area contributed by atoms with Crippen molar-refractivity contribution in [2.45, 2.75) is 51.2 Å². The standard InChI is InChI=1S/C11H23N3O2/c1-2-9(7-11(12)14-15)13-8-10-5-3-4-6-16-10/h9-10,13,15H,2-8H2,1H3,(H2,12,14). The highest BCUT2D eigenvalue weighted by Gasteiger charge is 2.15. The molecule has 1 aliphatic rings. The number of hydrogen-bond acceptors (Lipinski definition) is 4. The van der Waals surface area contributed by atoms with Gasteiger partial charge in [0.25, 0.3) is 0 Å². The largest absolute Gasteiger partial charge is 0.409 e. The SMILES string of the molecule is CCC(CC(N)=NO)NCC1CCCCO1. The molecule has 2 atom stereocenters. The van der Waals surface area contributed by atoms with Crippen molar-refractivity contribution in [1.82, 2.24) is 5.32 Å². The Morgan fingerprint density at radius 1 is 1.62 bits per heavy atom. The molecule has 16 heavy (non-hydrogen) atoms. The molecule has 0 aromatic rings. The van der Waals surface area contributed by atoms with E-state index in [1.165, 1.54) is 12.8 Å². The van der Waals surface area contributed by atoms with Gasteiger partial charge in [-0.3, -0.25) is 0 Å². The first-order valence-corrected chi connectivity index (χ1v) is 6.07. The van der Waals surface area contributed by atoms with Crippen LogP contribution in [0.15, 0.2) is 5.16 Å². The molecule has 4 N–H and O–H groups in total. The molecule has 0 bridgehead atoms. The number of ether oxygens (including phenoxy) is 1. The minimum Gasteiger partial charge on any atom is -0.409 e. The summed E-state index contributed by atoms with van der Waals surface area (Å²) < 4.78 is 5.63. The highest BCUT2D eigenvalue weighted by atomic mass is 16.5. The van der Waals surface area contributed by atoms with Crippen molar-refractivity contribution in [2.75, 3.05) is 13.2 Å². The molecule has 0 spiro atoms. The molecule has 0 radical (unpaired) electrons. The Labute approximate surface area is 97.0 Å². The van der Waals surface area contributed by atoms with Crippen molar-refractivity contribution in [3.63, 3.8) is 0 Å². The molecule has 0 aliphatic carbocycles. The van der Waals surface area contributed by atoms with E-state index in [1.54, 1.807) is 0 Å². The minimum atomic E-state index is 0.265. The summed E-state index contributed by atoms with van der Waals surface area (Å²) >= 11 is 0. The first-order valence-electron chi connectivity index (χ1n) is 6.07. The molecule has 94 valence electrons. The van der Waals surface area contributed by atoms with Gasteiger partial charge in [0, 0.05) is 25.6 Å². The van der Waals surface area contributed by atoms with E-state index in [0.717, 1.165) is 26.0 Å². The summed E-state index contributed by atoms with van der Waals surface area (Å²) in [6.45, 7) is 3.82. The van der Waals surface area contributed by atoms with Crippen LogP contribution in [-0.2, 0) is 4.74 Å². The summed E-state index contributed by atoms with van der Waals surface area (Å²) in [6, 6.07) is 0.265. The van der Waals surface area contributed by atoms with Crippen LogP contribution in [0.4, 0.5) is 0 Å². The summed E-state index contributed by atoms with van der Waals surface area (Å²) in [4.78, 5) is 0. The quantitative estimate of drug-likeness (QED) is 0.275. The van der Waals surface area contributed by atoms with Crippen LogP contribution in [0.2, 0.25) is 0 Å². The molecule has 1 saturated heterocycles. The van der Waals surface area contributed by atoms with Crippen molar-refractivity contribution in [1.29, 1.82) is 0 Å². The molecule has 0 amide bonds. The third-order valence-corrected chi connectivity index (χ3v) is 2.98. The monoisotopic (exact) mass is 229 g/mol. The molecule has 0 aromatic carbocycles. The maximum Gasteiger partial charge on any atom is 0.140 e. The van der Waals surface area contributed by atoms with E-state index in [4.69, 9.17) is 15.7 Å². The molecular weight excluding hydrogens is 206 g/mol. The van der Waals surface area contributed by atoms with Gasteiger partial charge in [-0.25, -0.2) is 0 Å². The van der Waals surface area contributed by atoms with Crippen molar-refractivity contribution >= 4 is 5.84 Å². The first-order chi connectivity index (χ1) is 7.76. The van der Waals surface area contributed by atoms with Gasteiger partial charge in [0.15, 0.2) is 0 Å². The lowest BCUT2D eigenvalue weighted by Crippen LogP contribution is -2.39. The molecular formula is C11H23N3O2. The van der Waals surface area contributed by atoms with Gasteiger partial charge >= 0.3 is 0 Å². The molecule has 1 rings (SSSR count). The van der Waals surface area contributed by atoms with E-state index < -0.39 is 0 Å². The maximum absolute atomic E-state index is 8.51. The summed E-state index contributed by atoms with van der Waals surface area (Å²) in [5, 5.41) is 14.9. The Kier molecular flexibility index (Phi) is 6.18. The number of rotatable bonds is 6. The van der Waals surface area contributed by atoms with Crippen LogP contribution >= 0.6 is 0 Å². The lowest BCUT2D eigenvalue weighted by atomic mass is 10.1. The highest BCUT2D eigenvalue weighted by Crippen LogP contribution is 2.12. The average Bonchev–Trinajstić information content (AvgIpc) is 2.35. The van der Waals surface area contributed by atoms with E-state index in [-0.39, 0.29) is 11.9 Å². The molecule has 1 aliphatic heterocycles. The van der Waals surface area contributed by atoms with Crippen LogP contribution in [0.5, 0.6) is 0 Å². The zero-order valence-electron chi connectivity index (χ0n) is 9.98. The number of hydrogen-bond donors (Lipinski definition) is 3. The van der Waals surface area contributed by atoms with Crippen molar-refractivity contribution in [2.24, 2.45) is 10.9 Å². The highest BCUT2D eigenvalue weighted by molar-refractivity contribution is 5.80. The van der Waals surface area contributed by atoms with Crippen molar-refractivity contribution in [3.8, 4) is 0 Å². The number of nitrogens with one attached hydrogen (secondary N) is 1. The normalized spacial score (nSPS) is 24.3. The van der Waals surface area contributed by atoms with Gasteiger partial charge in [-0.1, -0.05) is 12.1 Å². The third-order valence-electron chi connectivity index (χ3n) is 2.98. The average molecular weight is 229 g/mol. The Morgan fingerprint density at radius 3 is 3.00 bits per heavy atom. The van der Waals surface area contributed by atoms with E-state index in [1.807, 2.05) is 0 Å². The summed E-state index contributed by atoms with van der Waals surface area (Å²) in [5.41, 5.74) is 5.49. The number of nitrogens with zero attached hydrogens (tertiary/aromatic N) is 1. The second-order valence-corrected chi connectivity index (χ2v) is 4.30. The van der Waals surface area contributed by atoms with Gasteiger partial charge in [0.2, 0.25) is 0 Å². The topological polar surface area (TPSA) is 79.9 Å². The van der Waals surface area contributed by atoms with Crippen LogP contribution in [0, 0.1) is 0 Å². The molecule has 0 aromatic heterocycles. The first kappa shape index (κ1) is 13.3. The Morgan fingerprint density at radius 2 is 2.44 bits per heavy atom. The van der Waals surface area contributed by atoms with Gasteiger partial charge in [-0.05, 0) is 25.7 Å². The van der Waals surface area contributed by atoms with Crippen molar-refractivity contribution < 1.29 is 9.94 Å². The van der Waals surface area contributed by atoms with Crippen LogP contribution in [0.3, 0.4) is 0 Å². The molecule has 1 heterocycles. The van der Waals surface area contributed by atoms with E-state index >= 15 is 0 Å². The lowest BCUT2D eigenvalue weighted by molar-refractivity contribution is 0.0154. The van der Waals surface area contributed by atoms with Crippen LogP contribution in [0.25, 0.3) is 0 Å². The second-order valence-electron chi connectivity index (χ2n) is 4.30. The van der Waals surface area contributed by atoms with Crippen molar-refractivity contribution in [3.05, 3.63) is 0 Å². The predicted octanol–water partition coefficient (Wildman–Crippen LogP) is 1.06. The fourth-order valence-electron chi connectivity index (χ4n) is 1.92. The lowest BCUT2D eigenvalue weighted by Gasteiger charge is -2.25. The molecule has 1 fully saturated rings. The van der Waals surface area contributed by atoms with Gasteiger partial charge in [-0.2, -0.15) is 0 Å². The molecule has 0 saturated carbocycles. The zero-order chi connectivity index (χ0) is 11.8. The fraction of sp³-hybridized carbons (Fsp3) is 0.909. The van der Waals surface area contributed by atoms with E-state index in [9.17, 15) is 0 Å². The van der Waals surface area contributed by atoms with Crippen LogP contribution in [0.1, 0.15) is 39.0 Å². The summed E-state index contributed by atoms with van der Waals surface area (Å²) in [5.74, 6) is 0.281. The van der Waals surface area contributed by atoms with Gasteiger partial charge < -0.3 is 21.0 Å². The molecule has 5 nitrogen and oxygen atoms in total. The second kappa shape index (κ2) is 7.46.